The van der Waals surface area contributed by atoms with Crippen LogP contribution in [-0.2, 0) is 7.05 Å². The third kappa shape index (κ3) is 1.40. The molecule has 0 fully saturated rings. The minimum atomic E-state index is 1.17. The van der Waals surface area contributed by atoms with E-state index in [9.17, 15) is 0 Å². The predicted molar refractivity (Wildman–Crippen MR) is 58.0 cm³/mol. The Morgan fingerprint density at radius 3 is 2.83 bits per heavy atom. The molecule has 12 heavy (non-hydrogen) atoms. The van der Waals surface area contributed by atoms with Gasteiger partial charge in [-0.3, -0.25) is 0 Å². The zero-order valence-electron chi connectivity index (χ0n) is 6.54. The Morgan fingerprint density at radius 1 is 1.50 bits per heavy atom. The van der Waals surface area contributed by atoms with E-state index in [1.807, 2.05) is 19.4 Å². The monoisotopic (exact) mass is 291 g/mol. The van der Waals surface area contributed by atoms with Crippen molar-refractivity contribution in [3.05, 3.63) is 27.4 Å². The molecule has 0 aliphatic carbocycles. The van der Waals surface area contributed by atoms with Gasteiger partial charge in [-0.15, -0.1) is 11.3 Å². The van der Waals surface area contributed by atoms with E-state index in [1.165, 1.54) is 13.6 Å². The first-order chi connectivity index (χ1) is 5.77. The number of thiophene rings is 1. The molecule has 0 aliphatic heterocycles. The van der Waals surface area contributed by atoms with Gasteiger partial charge in [0.05, 0.1) is 9.93 Å². The van der Waals surface area contributed by atoms with Crippen LogP contribution in [0, 0.1) is 2.88 Å². The fraction of sp³-hybridized carbons (Fsp3) is 0.125. The van der Waals surface area contributed by atoms with Gasteiger partial charge in [-0.1, -0.05) is 0 Å². The van der Waals surface area contributed by atoms with Crippen molar-refractivity contribution in [2.45, 2.75) is 0 Å². The number of hydrogen-bond donors (Lipinski definition) is 1. The summed E-state index contributed by atoms with van der Waals surface area (Å²) >= 11 is 4.13. The number of imidazole rings is 1. The smallest absolute Gasteiger partial charge is 0.243 e. The average Bonchev–Trinajstić information content (AvgIpc) is 2.58. The first kappa shape index (κ1) is 8.25. The third-order valence-corrected chi connectivity index (χ3v) is 3.58. The summed E-state index contributed by atoms with van der Waals surface area (Å²) in [7, 11) is 2.04. The molecule has 2 aromatic heterocycles. The molecule has 0 saturated carbocycles. The molecule has 0 amide bonds. The SMILES string of the molecule is C[n+]1cc[nH]c1-c1ccc(I)s1. The van der Waals surface area contributed by atoms with E-state index in [2.05, 4.69) is 44.3 Å². The lowest BCUT2D eigenvalue weighted by Gasteiger charge is -1.87. The van der Waals surface area contributed by atoms with Gasteiger partial charge in [-0.25, -0.2) is 9.55 Å². The Bertz CT molecular complexity index is 391. The van der Waals surface area contributed by atoms with Crippen LogP contribution in [-0.4, -0.2) is 4.98 Å². The Hall–Kier alpha value is -0.360. The summed E-state index contributed by atoms with van der Waals surface area (Å²) in [6, 6.07) is 4.26. The first-order valence-electron chi connectivity index (χ1n) is 3.56. The van der Waals surface area contributed by atoms with Crippen LogP contribution >= 0.6 is 33.9 Å². The fourth-order valence-electron chi connectivity index (χ4n) is 1.09. The van der Waals surface area contributed by atoms with Crippen LogP contribution in [0.3, 0.4) is 0 Å². The second-order valence-electron chi connectivity index (χ2n) is 2.52. The largest absolute Gasteiger partial charge is 0.296 e. The zero-order chi connectivity index (χ0) is 8.55. The van der Waals surface area contributed by atoms with Crippen LogP contribution in [0.25, 0.3) is 10.7 Å². The van der Waals surface area contributed by atoms with Crippen molar-refractivity contribution in [1.29, 1.82) is 0 Å². The van der Waals surface area contributed by atoms with Crippen molar-refractivity contribution >= 4 is 33.9 Å². The van der Waals surface area contributed by atoms with Crippen molar-refractivity contribution in [3.8, 4) is 10.7 Å². The first-order valence-corrected chi connectivity index (χ1v) is 5.45. The molecule has 2 aromatic rings. The van der Waals surface area contributed by atoms with E-state index < -0.39 is 0 Å². The Balaban J connectivity index is 2.50. The molecule has 0 atom stereocenters. The van der Waals surface area contributed by atoms with Gasteiger partial charge in [0.15, 0.2) is 0 Å². The summed E-state index contributed by atoms with van der Waals surface area (Å²) in [6.45, 7) is 0. The topological polar surface area (TPSA) is 19.7 Å². The molecular weight excluding hydrogens is 283 g/mol. The highest BCUT2D eigenvalue weighted by Crippen LogP contribution is 2.25. The van der Waals surface area contributed by atoms with Gasteiger partial charge >= 0.3 is 0 Å². The number of nitrogens with one attached hydrogen (secondary N) is 1. The second kappa shape index (κ2) is 3.18. The number of rotatable bonds is 1. The third-order valence-electron chi connectivity index (χ3n) is 1.68. The van der Waals surface area contributed by atoms with Crippen LogP contribution in [0.4, 0.5) is 0 Å². The molecule has 4 heteroatoms. The summed E-state index contributed by atoms with van der Waals surface area (Å²) in [5.74, 6) is 1.17. The molecule has 0 spiro atoms. The summed E-state index contributed by atoms with van der Waals surface area (Å²) in [5, 5.41) is 0. The second-order valence-corrected chi connectivity index (χ2v) is 5.50. The number of H-pyrrole nitrogens is 1. The van der Waals surface area contributed by atoms with Gasteiger partial charge in [0.1, 0.15) is 17.3 Å². The number of nitrogens with zero attached hydrogens (tertiary/aromatic N) is 1. The van der Waals surface area contributed by atoms with Gasteiger partial charge in [-0.05, 0) is 34.7 Å². The van der Waals surface area contributed by atoms with Gasteiger partial charge in [0.2, 0.25) is 0 Å². The van der Waals surface area contributed by atoms with Gasteiger partial charge in [0, 0.05) is 0 Å². The lowest BCUT2D eigenvalue weighted by molar-refractivity contribution is -0.658. The molecule has 0 aliphatic rings. The molecule has 1 N–H and O–H groups in total. The highest BCUT2D eigenvalue weighted by molar-refractivity contribution is 14.1. The molecular formula is C8H8IN2S+. The minimum absolute atomic E-state index is 1.17. The highest BCUT2D eigenvalue weighted by Gasteiger charge is 2.11. The normalized spacial score (nSPS) is 10.5. The van der Waals surface area contributed by atoms with Crippen LogP contribution in [0.15, 0.2) is 24.5 Å². The van der Waals surface area contributed by atoms with Gasteiger partial charge < -0.3 is 0 Å². The number of aryl methyl sites for hydroxylation is 1. The fourth-order valence-corrected chi connectivity index (χ4v) is 2.76. The van der Waals surface area contributed by atoms with Crippen molar-refractivity contribution in [2.75, 3.05) is 0 Å². The molecule has 62 valence electrons. The molecule has 2 heterocycles. The quantitative estimate of drug-likeness (QED) is 0.614. The summed E-state index contributed by atoms with van der Waals surface area (Å²) < 4.78 is 3.40. The van der Waals surface area contributed by atoms with E-state index in [1.54, 1.807) is 11.3 Å². The molecule has 0 unspecified atom stereocenters. The molecule has 0 bridgehead atoms. The Morgan fingerprint density at radius 2 is 2.33 bits per heavy atom. The zero-order valence-corrected chi connectivity index (χ0v) is 9.52. The Labute approximate surface area is 88.4 Å². The van der Waals surface area contributed by atoms with Crippen LogP contribution in [0.1, 0.15) is 0 Å². The van der Waals surface area contributed by atoms with Crippen LogP contribution in [0.2, 0.25) is 0 Å². The number of aromatic amines is 1. The van der Waals surface area contributed by atoms with E-state index in [0.29, 0.717) is 0 Å². The Kier molecular flexibility index (Phi) is 2.18. The van der Waals surface area contributed by atoms with Gasteiger partial charge in [0.25, 0.3) is 5.82 Å². The van der Waals surface area contributed by atoms with E-state index >= 15 is 0 Å². The predicted octanol–water partition coefficient (Wildman–Crippen LogP) is 2.17. The molecule has 0 saturated heterocycles. The summed E-state index contributed by atoms with van der Waals surface area (Å²) in [5.41, 5.74) is 0. The van der Waals surface area contributed by atoms with Crippen molar-refractivity contribution in [2.24, 2.45) is 7.05 Å². The standard InChI is InChI=1S/C8H7IN2S/c1-11-5-4-10-8(11)6-2-3-7(9)12-6/h2-5H,1H3/p+1. The van der Waals surface area contributed by atoms with E-state index in [4.69, 9.17) is 0 Å². The van der Waals surface area contributed by atoms with Crippen molar-refractivity contribution < 1.29 is 4.57 Å². The number of aromatic nitrogens is 2. The van der Waals surface area contributed by atoms with Crippen molar-refractivity contribution in [3.63, 3.8) is 0 Å². The summed E-state index contributed by atoms with van der Waals surface area (Å²) in [6.07, 6.45) is 3.96. The molecule has 0 aromatic carbocycles. The number of hydrogen-bond acceptors (Lipinski definition) is 1. The average molecular weight is 291 g/mol. The minimum Gasteiger partial charge on any atom is -0.243 e. The maximum absolute atomic E-state index is 3.21. The van der Waals surface area contributed by atoms with E-state index in [-0.39, 0.29) is 0 Å². The van der Waals surface area contributed by atoms with Crippen molar-refractivity contribution in [1.82, 2.24) is 4.98 Å². The summed E-state index contributed by atoms with van der Waals surface area (Å²) in [4.78, 5) is 4.49. The highest BCUT2D eigenvalue weighted by atomic mass is 127. The number of halogens is 1. The maximum atomic E-state index is 3.21. The molecule has 2 nitrogen and oxygen atoms in total. The lowest BCUT2D eigenvalue weighted by Crippen LogP contribution is -2.27. The van der Waals surface area contributed by atoms with Crippen LogP contribution < -0.4 is 4.57 Å². The lowest BCUT2D eigenvalue weighted by atomic mass is 10.4. The maximum Gasteiger partial charge on any atom is 0.296 e. The van der Waals surface area contributed by atoms with Crippen LogP contribution in [0.5, 0.6) is 0 Å². The molecule has 0 radical (unpaired) electrons. The van der Waals surface area contributed by atoms with E-state index in [0.717, 1.165) is 0 Å². The van der Waals surface area contributed by atoms with Gasteiger partial charge in [-0.2, -0.15) is 0 Å². The molecule has 2 rings (SSSR count).